The number of benzene rings is 1. The van der Waals surface area contributed by atoms with Crippen LogP contribution in [0.4, 0.5) is 0 Å². The third-order valence-corrected chi connectivity index (χ3v) is 5.62. The summed E-state index contributed by atoms with van der Waals surface area (Å²) in [6.07, 6.45) is 0. The molecule has 0 aliphatic carbocycles. The lowest BCUT2D eigenvalue weighted by atomic mass is 10.4. The first kappa shape index (κ1) is 11.5. The van der Waals surface area contributed by atoms with Crippen LogP contribution in [-0.4, -0.2) is 14.2 Å². The molecule has 0 atom stereocenters. The molecule has 0 aromatic heterocycles. The van der Waals surface area contributed by atoms with Crippen molar-refractivity contribution in [3.05, 3.63) is 26.2 Å². The topological polar surface area (TPSA) is 34.1 Å². The molecule has 0 aliphatic heterocycles. The number of halogens is 2. The third-order valence-electron chi connectivity index (χ3n) is 1.61. The van der Waals surface area contributed by atoms with Gasteiger partial charge in [0.05, 0.1) is 10.6 Å². The maximum absolute atomic E-state index is 11.6. The second-order valence-electron chi connectivity index (χ2n) is 2.45. The third kappa shape index (κ3) is 2.44. The zero-order chi connectivity index (χ0) is 10.1. The van der Waals surface area contributed by atoms with Crippen LogP contribution >= 0.6 is 38.5 Å². The summed E-state index contributed by atoms with van der Waals surface area (Å²) in [6.45, 7) is 1.64. The van der Waals surface area contributed by atoms with E-state index in [1.165, 1.54) is 0 Å². The van der Waals surface area contributed by atoms with Crippen LogP contribution in [0, 0.1) is 3.57 Å². The highest BCUT2D eigenvalue weighted by atomic mass is 127. The van der Waals surface area contributed by atoms with E-state index in [0.717, 1.165) is 3.57 Å². The Balaban J connectivity index is 3.46. The molecule has 0 N–H and O–H groups in total. The summed E-state index contributed by atoms with van der Waals surface area (Å²) in [5.41, 5.74) is 0. The molecule has 0 aliphatic rings. The van der Waals surface area contributed by atoms with Gasteiger partial charge in [-0.25, -0.2) is 8.42 Å². The van der Waals surface area contributed by atoms with Crippen molar-refractivity contribution in [2.24, 2.45) is 0 Å². The Morgan fingerprint density at radius 1 is 1.46 bits per heavy atom. The average Bonchev–Trinajstić information content (AvgIpc) is 2.03. The Hall–Kier alpha value is 0.380. The van der Waals surface area contributed by atoms with Crippen LogP contribution in [0.25, 0.3) is 0 Å². The largest absolute Gasteiger partial charge is 0.224 e. The quantitative estimate of drug-likeness (QED) is 0.746. The van der Waals surface area contributed by atoms with E-state index in [4.69, 9.17) is 0 Å². The summed E-state index contributed by atoms with van der Waals surface area (Å²) in [5.74, 6) is 0.131. The molecule has 1 rings (SSSR count). The molecule has 0 radical (unpaired) electrons. The minimum absolute atomic E-state index is 0.131. The second kappa shape index (κ2) is 4.27. The molecule has 5 heteroatoms. The average molecular weight is 375 g/mol. The smallest absolute Gasteiger partial charge is 0.180 e. The highest BCUT2D eigenvalue weighted by Gasteiger charge is 2.18. The highest BCUT2D eigenvalue weighted by molar-refractivity contribution is 14.1. The van der Waals surface area contributed by atoms with Gasteiger partial charge in [0.1, 0.15) is 0 Å². The zero-order valence-corrected chi connectivity index (χ0v) is 11.5. The predicted octanol–water partition coefficient (Wildman–Crippen LogP) is 2.85. The van der Waals surface area contributed by atoms with Crippen LogP contribution < -0.4 is 0 Å². The van der Waals surface area contributed by atoms with E-state index in [-0.39, 0.29) is 5.75 Å². The molecule has 1 aromatic rings. The van der Waals surface area contributed by atoms with Gasteiger partial charge in [-0.3, -0.25) is 0 Å². The SMILES string of the molecule is CCS(=O)(=O)c1c(Br)cccc1I. The van der Waals surface area contributed by atoms with Gasteiger partial charge >= 0.3 is 0 Å². The molecule has 0 spiro atoms. The first-order valence-corrected chi connectivity index (χ1v) is 7.18. The number of hydrogen-bond donors (Lipinski definition) is 0. The molecule has 0 saturated heterocycles. The molecule has 0 fully saturated rings. The normalized spacial score (nSPS) is 11.6. The van der Waals surface area contributed by atoms with Crippen LogP contribution in [0.3, 0.4) is 0 Å². The van der Waals surface area contributed by atoms with Crippen molar-refractivity contribution in [3.63, 3.8) is 0 Å². The molecule has 2 nitrogen and oxygen atoms in total. The summed E-state index contributed by atoms with van der Waals surface area (Å²) >= 11 is 5.27. The Labute approximate surface area is 99.9 Å². The summed E-state index contributed by atoms with van der Waals surface area (Å²) in [5, 5.41) is 0. The van der Waals surface area contributed by atoms with Gasteiger partial charge in [0.2, 0.25) is 0 Å². The van der Waals surface area contributed by atoms with Gasteiger partial charge < -0.3 is 0 Å². The number of sulfone groups is 1. The molecule has 0 heterocycles. The van der Waals surface area contributed by atoms with Crippen LogP contribution in [0.15, 0.2) is 27.6 Å². The van der Waals surface area contributed by atoms with Crippen LogP contribution in [0.5, 0.6) is 0 Å². The van der Waals surface area contributed by atoms with Crippen molar-refractivity contribution in [3.8, 4) is 0 Å². The van der Waals surface area contributed by atoms with E-state index in [2.05, 4.69) is 15.9 Å². The van der Waals surface area contributed by atoms with E-state index in [1.54, 1.807) is 19.1 Å². The van der Waals surface area contributed by atoms with Gasteiger partial charge in [-0.2, -0.15) is 0 Å². The lowest BCUT2D eigenvalue weighted by Crippen LogP contribution is -2.06. The fourth-order valence-electron chi connectivity index (χ4n) is 0.924. The van der Waals surface area contributed by atoms with Gasteiger partial charge in [-0.1, -0.05) is 13.0 Å². The van der Waals surface area contributed by atoms with Gasteiger partial charge in [-0.05, 0) is 50.7 Å². The van der Waals surface area contributed by atoms with Crippen molar-refractivity contribution in [2.45, 2.75) is 11.8 Å². The fraction of sp³-hybridized carbons (Fsp3) is 0.250. The Bertz CT molecular complexity index is 394. The van der Waals surface area contributed by atoms with Crippen molar-refractivity contribution in [2.75, 3.05) is 5.75 Å². The number of rotatable bonds is 2. The maximum Gasteiger partial charge on any atom is 0.180 e. The summed E-state index contributed by atoms with van der Waals surface area (Å²) < 4.78 is 24.6. The maximum atomic E-state index is 11.6. The zero-order valence-electron chi connectivity index (χ0n) is 6.92. The van der Waals surface area contributed by atoms with E-state index in [0.29, 0.717) is 9.37 Å². The van der Waals surface area contributed by atoms with Crippen LogP contribution in [0.2, 0.25) is 0 Å². The highest BCUT2D eigenvalue weighted by Crippen LogP contribution is 2.27. The number of hydrogen-bond acceptors (Lipinski definition) is 2. The molecular formula is C8H8BrIO2S. The van der Waals surface area contributed by atoms with Gasteiger partial charge in [0.25, 0.3) is 0 Å². The monoisotopic (exact) mass is 374 g/mol. The standard InChI is InChI=1S/C8H8BrIO2S/c1-2-13(11,12)8-6(9)4-3-5-7(8)10/h3-5H,2H2,1H3. The molecule has 0 saturated carbocycles. The first-order valence-electron chi connectivity index (χ1n) is 3.66. The lowest BCUT2D eigenvalue weighted by Gasteiger charge is -2.05. The predicted molar refractivity (Wildman–Crippen MR) is 64.6 cm³/mol. The first-order chi connectivity index (χ1) is 5.99. The van der Waals surface area contributed by atoms with Crippen molar-refractivity contribution in [1.29, 1.82) is 0 Å². The van der Waals surface area contributed by atoms with E-state index in [1.807, 2.05) is 28.7 Å². The second-order valence-corrected chi connectivity index (χ2v) is 6.69. The van der Waals surface area contributed by atoms with Crippen molar-refractivity contribution in [1.82, 2.24) is 0 Å². The molecule has 0 unspecified atom stereocenters. The molecular weight excluding hydrogens is 367 g/mol. The van der Waals surface area contributed by atoms with E-state index >= 15 is 0 Å². The summed E-state index contributed by atoms with van der Waals surface area (Å²) in [7, 11) is -3.11. The minimum atomic E-state index is -3.11. The molecule has 13 heavy (non-hydrogen) atoms. The molecule has 0 amide bonds. The Kier molecular flexibility index (Phi) is 3.76. The molecule has 72 valence electrons. The Morgan fingerprint density at radius 2 is 2.08 bits per heavy atom. The van der Waals surface area contributed by atoms with E-state index < -0.39 is 9.84 Å². The molecule has 1 aromatic carbocycles. The summed E-state index contributed by atoms with van der Waals surface area (Å²) in [4.78, 5) is 0.401. The fourth-order valence-corrected chi connectivity index (χ4v) is 4.92. The van der Waals surface area contributed by atoms with Crippen molar-refractivity contribution < 1.29 is 8.42 Å². The molecule has 0 bridgehead atoms. The van der Waals surface area contributed by atoms with Crippen LogP contribution in [0.1, 0.15) is 6.92 Å². The van der Waals surface area contributed by atoms with Gasteiger partial charge in [0.15, 0.2) is 9.84 Å². The lowest BCUT2D eigenvalue weighted by molar-refractivity contribution is 0.596. The Morgan fingerprint density at radius 3 is 2.54 bits per heavy atom. The summed E-state index contributed by atoms with van der Waals surface area (Å²) in [6, 6.07) is 5.35. The van der Waals surface area contributed by atoms with Gasteiger partial charge in [0, 0.05) is 8.04 Å². The van der Waals surface area contributed by atoms with Crippen molar-refractivity contribution >= 4 is 48.4 Å². The van der Waals surface area contributed by atoms with Gasteiger partial charge in [-0.15, -0.1) is 0 Å². The minimum Gasteiger partial charge on any atom is -0.224 e. The van der Waals surface area contributed by atoms with Crippen LogP contribution in [-0.2, 0) is 9.84 Å². The van der Waals surface area contributed by atoms with E-state index in [9.17, 15) is 8.42 Å².